The van der Waals surface area contributed by atoms with Gasteiger partial charge in [0.2, 0.25) is 10.0 Å². The summed E-state index contributed by atoms with van der Waals surface area (Å²) in [4.78, 5) is -0.0637. The Morgan fingerprint density at radius 3 is 2.10 bits per heavy atom. The van der Waals surface area contributed by atoms with E-state index < -0.39 is 38.8 Å². The first-order chi connectivity index (χ1) is 9.48. The third kappa shape index (κ3) is 4.40. The number of rotatable bonds is 6. The van der Waals surface area contributed by atoms with Crippen molar-refractivity contribution in [3.05, 3.63) is 30.3 Å². The lowest BCUT2D eigenvalue weighted by molar-refractivity contribution is -0.0542. The zero-order valence-corrected chi connectivity index (χ0v) is 12.4. The molecular formula is C10H12F3NO5S2. The van der Waals surface area contributed by atoms with Crippen LogP contribution in [-0.2, 0) is 24.3 Å². The topological polar surface area (TPSA) is 80.8 Å². The summed E-state index contributed by atoms with van der Waals surface area (Å²) < 4.78 is 85.7. The molecule has 0 aliphatic heterocycles. The second kappa shape index (κ2) is 6.30. The molecule has 1 rings (SSSR count). The van der Waals surface area contributed by atoms with Crippen molar-refractivity contribution in [2.24, 2.45) is 0 Å². The number of likely N-dealkylation sites (N-methyl/N-ethyl adjacent to an activating group) is 1. The molecule has 0 amide bonds. The SMILES string of the molecule is CN(CCOS(=O)(=O)C(F)(F)F)S(=O)(=O)c1ccccc1. The summed E-state index contributed by atoms with van der Waals surface area (Å²) in [5.74, 6) is 0. The van der Waals surface area contributed by atoms with Crippen molar-refractivity contribution in [2.45, 2.75) is 10.4 Å². The van der Waals surface area contributed by atoms with Crippen LogP contribution in [0.2, 0.25) is 0 Å². The number of benzene rings is 1. The van der Waals surface area contributed by atoms with E-state index in [0.717, 1.165) is 7.05 Å². The average Bonchev–Trinajstić information content (AvgIpc) is 2.38. The highest BCUT2D eigenvalue weighted by molar-refractivity contribution is 7.89. The predicted octanol–water partition coefficient (Wildman–Crippen LogP) is 1.17. The lowest BCUT2D eigenvalue weighted by atomic mass is 10.4. The standard InChI is InChI=1S/C10H12F3NO5S2/c1-14(7-8-19-21(17,18)10(11,12)13)20(15,16)9-5-3-2-4-6-9/h2-6H,7-8H2,1H3. The van der Waals surface area contributed by atoms with Gasteiger partial charge in [-0.2, -0.15) is 25.9 Å². The molecule has 0 radical (unpaired) electrons. The fourth-order valence-electron chi connectivity index (χ4n) is 1.23. The highest BCUT2D eigenvalue weighted by Crippen LogP contribution is 2.24. The van der Waals surface area contributed by atoms with Gasteiger partial charge in [-0.3, -0.25) is 4.18 Å². The van der Waals surface area contributed by atoms with Crippen molar-refractivity contribution in [1.29, 1.82) is 0 Å². The maximum absolute atomic E-state index is 12.0. The zero-order valence-electron chi connectivity index (χ0n) is 10.7. The third-order valence-electron chi connectivity index (χ3n) is 2.38. The minimum atomic E-state index is -5.73. The largest absolute Gasteiger partial charge is 0.523 e. The van der Waals surface area contributed by atoms with Crippen LogP contribution in [0.1, 0.15) is 0 Å². The van der Waals surface area contributed by atoms with Crippen LogP contribution in [0.15, 0.2) is 35.2 Å². The van der Waals surface area contributed by atoms with Crippen LogP contribution in [0.4, 0.5) is 13.2 Å². The van der Waals surface area contributed by atoms with E-state index in [1.807, 2.05) is 0 Å². The first-order valence-electron chi connectivity index (χ1n) is 5.45. The Balaban J connectivity index is 2.70. The fourth-order valence-corrected chi connectivity index (χ4v) is 2.84. The van der Waals surface area contributed by atoms with E-state index in [1.54, 1.807) is 6.07 Å². The first-order valence-corrected chi connectivity index (χ1v) is 8.30. The van der Waals surface area contributed by atoms with E-state index in [0.29, 0.717) is 4.31 Å². The second-order valence-corrected chi connectivity index (χ2v) is 7.51. The number of sulfonamides is 1. The number of hydrogen-bond acceptors (Lipinski definition) is 5. The van der Waals surface area contributed by atoms with Gasteiger partial charge in [0.25, 0.3) is 0 Å². The van der Waals surface area contributed by atoms with Crippen LogP contribution < -0.4 is 0 Å². The fraction of sp³-hybridized carbons (Fsp3) is 0.400. The van der Waals surface area contributed by atoms with Gasteiger partial charge >= 0.3 is 15.6 Å². The van der Waals surface area contributed by atoms with Crippen LogP contribution >= 0.6 is 0 Å². The molecule has 11 heteroatoms. The van der Waals surface area contributed by atoms with Crippen molar-refractivity contribution >= 4 is 20.1 Å². The molecule has 1 aromatic carbocycles. The Morgan fingerprint density at radius 2 is 1.62 bits per heavy atom. The number of alkyl halides is 3. The van der Waals surface area contributed by atoms with Crippen molar-refractivity contribution in [1.82, 2.24) is 4.31 Å². The van der Waals surface area contributed by atoms with Crippen LogP contribution in [0, 0.1) is 0 Å². The quantitative estimate of drug-likeness (QED) is 0.570. The summed E-state index contributed by atoms with van der Waals surface area (Å²) in [7, 11) is -8.54. The highest BCUT2D eigenvalue weighted by Gasteiger charge is 2.47. The van der Waals surface area contributed by atoms with Gasteiger partial charge in [-0.1, -0.05) is 18.2 Å². The van der Waals surface area contributed by atoms with Crippen molar-refractivity contribution < 1.29 is 34.2 Å². The van der Waals surface area contributed by atoms with E-state index >= 15 is 0 Å². The van der Waals surface area contributed by atoms with Gasteiger partial charge in [0, 0.05) is 13.6 Å². The molecular weight excluding hydrogens is 335 g/mol. The van der Waals surface area contributed by atoms with Crippen LogP contribution in [0.25, 0.3) is 0 Å². The molecule has 0 heterocycles. The zero-order chi connectivity index (χ0) is 16.3. The molecule has 0 fully saturated rings. The molecule has 0 saturated heterocycles. The Bertz CT molecular complexity index is 670. The maximum Gasteiger partial charge on any atom is 0.523 e. The summed E-state index contributed by atoms with van der Waals surface area (Å²) in [5.41, 5.74) is -5.54. The molecule has 1 aromatic rings. The van der Waals surface area contributed by atoms with Crippen molar-refractivity contribution in [3.63, 3.8) is 0 Å². The Hall–Kier alpha value is -1.17. The number of hydrogen-bond donors (Lipinski definition) is 0. The molecule has 0 aromatic heterocycles. The summed E-state index contributed by atoms with van der Waals surface area (Å²) in [6, 6.07) is 7.16. The van der Waals surface area contributed by atoms with Crippen LogP contribution in [0.5, 0.6) is 0 Å². The minimum absolute atomic E-state index is 0.0637. The number of halogens is 3. The maximum atomic E-state index is 12.0. The van der Waals surface area contributed by atoms with E-state index in [9.17, 15) is 30.0 Å². The van der Waals surface area contributed by atoms with Gasteiger partial charge in [-0.25, -0.2) is 8.42 Å². The summed E-state index contributed by atoms with van der Waals surface area (Å²) in [5, 5.41) is 0. The van der Waals surface area contributed by atoms with Gasteiger partial charge in [-0.15, -0.1) is 0 Å². The lowest BCUT2D eigenvalue weighted by Crippen LogP contribution is -2.33. The molecule has 0 saturated carbocycles. The monoisotopic (exact) mass is 347 g/mol. The molecule has 0 atom stereocenters. The van der Waals surface area contributed by atoms with Gasteiger partial charge in [0.1, 0.15) is 0 Å². The third-order valence-corrected chi connectivity index (χ3v) is 5.29. The summed E-state index contributed by atoms with van der Waals surface area (Å²) >= 11 is 0. The first kappa shape index (κ1) is 17.9. The Labute approximate surface area is 120 Å². The van der Waals surface area contributed by atoms with Gasteiger partial charge in [0.15, 0.2) is 0 Å². The molecule has 6 nitrogen and oxygen atoms in total. The summed E-state index contributed by atoms with van der Waals surface area (Å²) in [6.07, 6.45) is 0. The van der Waals surface area contributed by atoms with E-state index in [4.69, 9.17) is 0 Å². The molecule has 0 unspecified atom stereocenters. The predicted molar refractivity (Wildman–Crippen MR) is 67.2 cm³/mol. The van der Waals surface area contributed by atoms with Crippen molar-refractivity contribution in [3.8, 4) is 0 Å². The number of nitrogens with zero attached hydrogens (tertiary/aromatic N) is 1. The minimum Gasteiger partial charge on any atom is -0.262 e. The van der Waals surface area contributed by atoms with Crippen molar-refractivity contribution in [2.75, 3.05) is 20.2 Å². The van der Waals surface area contributed by atoms with E-state index in [2.05, 4.69) is 4.18 Å². The van der Waals surface area contributed by atoms with Gasteiger partial charge in [-0.05, 0) is 12.1 Å². The molecule has 21 heavy (non-hydrogen) atoms. The summed E-state index contributed by atoms with van der Waals surface area (Å²) in [6.45, 7) is -1.49. The normalized spacial score (nSPS) is 13.6. The average molecular weight is 347 g/mol. The molecule has 0 spiro atoms. The van der Waals surface area contributed by atoms with Gasteiger partial charge in [0.05, 0.1) is 11.5 Å². The second-order valence-electron chi connectivity index (χ2n) is 3.86. The molecule has 0 bridgehead atoms. The van der Waals surface area contributed by atoms with E-state index in [1.165, 1.54) is 24.3 Å². The molecule has 120 valence electrons. The Kier molecular flexibility index (Phi) is 5.36. The van der Waals surface area contributed by atoms with Crippen LogP contribution in [-0.4, -0.2) is 46.8 Å². The Morgan fingerprint density at radius 1 is 1.10 bits per heavy atom. The van der Waals surface area contributed by atoms with Gasteiger partial charge < -0.3 is 0 Å². The van der Waals surface area contributed by atoms with E-state index in [-0.39, 0.29) is 4.90 Å². The molecule has 0 aliphatic carbocycles. The molecule has 0 aliphatic rings. The molecule has 0 N–H and O–H groups in total. The smallest absolute Gasteiger partial charge is 0.262 e. The highest BCUT2D eigenvalue weighted by atomic mass is 32.2. The lowest BCUT2D eigenvalue weighted by Gasteiger charge is -2.17. The van der Waals surface area contributed by atoms with Crippen LogP contribution in [0.3, 0.4) is 0 Å².